The Morgan fingerprint density at radius 1 is 1.00 bits per heavy atom. The summed E-state index contributed by atoms with van der Waals surface area (Å²) >= 11 is 0. The van der Waals surface area contributed by atoms with E-state index < -0.39 is 65.4 Å². The van der Waals surface area contributed by atoms with Crippen LogP contribution in [0.25, 0.3) is 0 Å². The quantitative estimate of drug-likeness (QED) is 0.205. The van der Waals surface area contributed by atoms with Gasteiger partial charge in [-0.05, 0) is 51.1 Å². The van der Waals surface area contributed by atoms with Gasteiger partial charge in [-0.1, -0.05) is 36.4 Å². The Morgan fingerprint density at radius 3 is 2.38 bits per heavy atom. The van der Waals surface area contributed by atoms with Crippen LogP contribution in [-0.2, 0) is 45.2 Å². The van der Waals surface area contributed by atoms with Crippen molar-refractivity contribution in [2.24, 2.45) is 0 Å². The average molecular weight is 654 g/mol. The van der Waals surface area contributed by atoms with Crippen molar-refractivity contribution in [2.75, 3.05) is 20.7 Å². The molecule has 250 valence electrons. The number of methoxy groups -OCH3 is 1. The minimum absolute atomic E-state index is 0.00808. The number of benzene rings is 2. The Morgan fingerprint density at radius 2 is 1.70 bits per heavy atom. The van der Waals surface area contributed by atoms with Crippen LogP contribution in [0.5, 0.6) is 11.5 Å². The zero-order chi connectivity index (χ0) is 33.8. The topological polar surface area (TPSA) is 199 Å². The Kier molecular flexibility index (Phi) is 8.24. The fourth-order valence-corrected chi connectivity index (χ4v) is 7.41. The molecule has 47 heavy (non-hydrogen) atoms. The molecule has 2 bridgehead atoms. The van der Waals surface area contributed by atoms with Crippen LogP contribution >= 0.6 is 0 Å². The second kappa shape index (κ2) is 11.9. The molecule has 2 aliphatic heterocycles. The first-order chi connectivity index (χ1) is 22.3. The van der Waals surface area contributed by atoms with Crippen molar-refractivity contribution in [1.29, 1.82) is 0 Å². The van der Waals surface area contributed by atoms with Crippen molar-refractivity contribution in [3.05, 3.63) is 71.0 Å². The lowest BCUT2D eigenvalue weighted by molar-refractivity contribution is -0.186. The SMILES string of the molecule is COc1ccc2c3c1O[C@H]1C(OC(=O)[C@H](O)[C@@H](O)C(=O)OC(C)C(=O)O[C@H](C(=O)O)c4ccccc4)=CC[C@@]4(O)[C@@H](C2)N(C)CC[C@]314. The molecule has 1 fully saturated rings. The first kappa shape index (κ1) is 32.4. The van der Waals surface area contributed by atoms with Crippen LogP contribution in [0.2, 0.25) is 0 Å². The van der Waals surface area contributed by atoms with Crippen molar-refractivity contribution < 1.29 is 63.3 Å². The number of likely N-dealkylation sites (N-methyl/N-ethyl adjacent to an activating group) is 1. The van der Waals surface area contributed by atoms with Gasteiger partial charge >= 0.3 is 23.9 Å². The normalized spacial score (nSPS) is 27.9. The molecule has 1 saturated heterocycles. The Bertz CT molecular complexity index is 1640. The smallest absolute Gasteiger partial charge is 0.349 e. The first-order valence-corrected chi connectivity index (χ1v) is 15.1. The third-order valence-corrected chi connectivity index (χ3v) is 9.74. The van der Waals surface area contributed by atoms with E-state index in [2.05, 4.69) is 4.90 Å². The summed E-state index contributed by atoms with van der Waals surface area (Å²) in [6.07, 6.45) is -6.65. The van der Waals surface area contributed by atoms with Gasteiger partial charge in [0.2, 0.25) is 6.10 Å². The van der Waals surface area contributed by atoms with Crippen LogP contribution in [0.1, 0.15) is 42.6 Å². The number of carboxylic acid groups (broad SMARTS) is 1. The summed E-state index contributed by atoms with van der Waals surface area (Å²) in [6.45, 7) is 1.70. The molecule has 8 atom stereocenters. The Balaban J connectivity index is 1.16. The highest BCUT2D eigenvalue weighted by Crippen LogP contribution is 2.65. The zero-order valence-corrected chi connectivity index (χ0v) is 25.8. The molecular formula is C33H35NO13. The van der Waals surface area contributed by atoms with E-state index in [1.807, 2.05) is 13.1 Å². The van der Waals surface area contributed by atoms with Gasteiger partial charge in [-0.3, -0.25) is 0 Å². The van der Waals surface area contributed by atoms with Crippen molar-refractivity contribution in [3.63, 3.8) is 0 Å². The summed E-state index contributed by atoms with van der Waals surface area (Å²) < 4.78 is 27.4. The number of aliphatic hydroxyl groups is 3. The monoisotopic (exact) mass is 653 g/mol. The number of nitrogens with zero attached hydrogens (tertiary/aromatic N) is 1. The molecule has 0 radical (unpaired) electrons. The molecule has 14 heteroatoms. The number of hydrogen-bond donors (Lipinski definition) is 4. The summed E-state index contributed by atoms with van der Waals surface area (Å²) in [6, 6.07) is 11.1. The van der Waals surface area contributed by atoms with Gasteiger partial charge in [0, 0.05) is 23.6 Å². The molecule has 2 aromatic carbocycles. The summed E-state index contributed by atoms with van der Waals surface area (Å²) in [5.74, 6) is -4.80. The van der Waals surface area contributed by atoms with E-state index in [9.17, 15) is 39.6 Å². The van der Waals surface area contributed by atoms with E-state index in [1.165, 1.54) is 25.3 Å². The summed E-state index contributed by atoms with van der Waals surface area (Å²) in [5, 5.41) is 42.9. The van der Waals surface area contributed by atoms with Crippen molar-refractivity contribution in [2.45, 2.75) is 73.8 Å². The molecule has 2 aromatic rings. The van der Waals surface area contributed by atoms with Gasteiger partial charge in [-0.2, -0.15) is 0 Å². The highest BCUT2D eigenvalue weighted by Gasteiger charge is 2.72. The number of hydrogen-bond acceptors (Lipinski definition) is 13. The average Bonchev–Trinajstić information content (AvgIpc) is 3.41. The predicted octanol–water partition coefficient (Wildman–Crippen LogP) is 0.539. The number of aliphatic carboxylic acids is 1. The maximum absolute atomic E-state index is 13.1. The van der Waals surface area contributed by atoms with Gasteiger partial charge in [0.05, 0.1) is 18.1 Å². The van der Waals surface area contributed by atoms with E-state index in [-0.39, 0.29) is 23.8 Å². The lowest BCUT2D eigenvalue weighted by atomic mass is 9.50. The molecule has 0 saturated carbocycles. The predicted molar refractivity (Wildman–Crippen MR) is 158 cm³/mol. The van der Waals surface area contributed by atoms with Crippen LogP contribution in [0, 0.1) is 0 Å². The molecule has 6 rings (SSSR count). The van der Waals surface area contributed by atoms with E-state index in [0.29, 0.717) is 30.9 Å². The summed E-state index contributed by atoms with van der Waals surface area (Å²) in [5.41, 5.74) is -0.358. The molecule has 1 unspecified atom stereocenters. The van der Waals surface area contributed by atoms with E-state index in [1.54, 1.807) is 24.3 Å². The lowest BCUT2D eigenvalue weighted by Crippen LogP contribution is -2.74. The molecular weight excluding hydrogens is 618 g/mol. The van der Waals surface area contributed by atoms with Crippen LogP contribution in [0.15, 0.2) is 54.3 Å². The van der Waals surface area contributed by atoms with Gasteiger partial charge < -0.3 is 49.0 Å². The molecule has 14 nitrogen and oxygen atoms in total. The largest absolute Gasteiger partial charge is 0.493 e. The Hall–Kier alpha value is -4.50. The maximum atomic E-state index is 13.1. The molecule has 4 N–H and O–H groups in total. The van der Waals surface area contributed by atoms with Crippen molar-refractivity contribution >= 4 is 23.9 Å². The third kappa shape index (κ3) is 5.03. The van der Waals surface area contributed by atoms with Gasteiger partial charge in [0.1, 0.15) is 5.76 Å². The highest BCUT2D eigenvalue weighted by atomic mass is 16.6. The third-order valence-electron chi connectivity index (χ3n) is 9.74. The van der Waals surface area contributed by atoms with Gasteiger partial charge in [0.15, 0.2) is 35.9 Å². The van der Waals surface area contributed by atoms with Crippen LogP contribution in [-0.4, -0.2) is 106 Å². The van der Waals surface area contributed by atoms with Gasteiger partial charge in [-0.25, -0.2) is 19.2 Å². The zero-order valence-electron chi connectivity index (χ0n) is 25.8. The molecule has 4 aliphatic rings. The number of piperidine rings is 1. The van der Waals surface area contributed by atoms with E-state index in [4.69, 9.17) is 23.7 Å². The number of carboxylic acids is 1. The molecule has 0 amide bonds. The molecule has 2 aliphatic carbocycles. The number of aliphatic hydroxyl groups excluding tert-OH is 2. The number of rotatable bonds is 10. The lowest BCUT2D eigenvalue weighted by Gasteiger charge is -2.61. The number of carbonyl (C=O) groups excluding carboxylic acids is 3. The number of esters is 3. The number of ether oxygens (including phenoxy) is 5. The minimum Gasteiger partial charge on any atom is -0.493 e. The molecule has 1 spiro atoms. The van der Waals surface area contributed by atoms with Crippen LogP contribution in [0.4, 0.5) is 0 Å². The maximum Gasteiger partial charge on any atom is 0.349 e. The summed E-state index contributed by atoms with van der Waals surface area (Å²) in [4.78, 5) is 52.1. The molecule has 0 aromatic heterocycles. The minimum atomic E-state index is -2.47. The van der Waals surface area contributed by atoms with Crippen molar-refractivity contribution in [3.8, 4) is 11.5 Å². The highest BCUT2D eigenvalue weighted by molar-refractivity contribution is 5.88. The second-order valence-electron chi connectivity index (χ2n) is 12.2. The Labute approximate surface area is 269 Å². The fraction of sp³-hybridized carbons (Fsp3) is 0.455. The van der Waals surface area contributed by atoms with Crippen molar-refractivity contribution in [1.82, 2.24) is 4.90 Å². The second-order valence-corrected chi connectivity index (χ2v) is 12.2. The van der Waals surface area contributed by atoms with Crippen LogP contribution in [0.3, 0.4) is 0 Å². The number of carbonyl (C=O) groups is 4. The van der Waals surface area contributed by atoms with E-state index >= 15 is 0 Å². The standard InChI is InChI=1S/C33H35NO13/c1-16(29(39)47-25(28(37)38)17-7-5-4-6-8-17)44-30(40)23(35)24(36)31(41)45-20-11-12-33(42)21-15-18-9-10-19(43-3)26-22(18)32(33,27(20)46-26)13-14-34(21)2/h4-11,16,21,23-25,27,35-36,42H,12-15H2,1-3H3,(H,37,38)/t16?,21-,23-,24-,25+,27+,32+,33-/m1/s1. The van der Waals surface area contributed by atoms with Crippen LogP contribution < -0.4 is 9.47 Å². The fourth-order valence-electron chi connectivity index (χ4n) is 7.41. The summed E-state index contributed by atoms with van der Waals surface area (Å²) in [7, 11) is 3.44. The molecule has 2 heterocycles. The van der Waals surface area contributed by atoms with E-state index in [0.717, 1.165) is 18.1 Å². The number of likely N-dealkylation sites (tertiary alicyclic amines) is 1. The van der Waals surface area contributed by atoms with Gasteiger partial charge in [0.25, 0.3) is 0 Å². The van der Waals surface area contributed by atoms with Gasteiger partial charge in [-0.15, -0.1) is 0 Å². The first-order valence-electron chi connectivity index (χ1n) is 15.1.